The van der Waals surface area contributed by atoms with Crippen LogP contribution in [-0.4, -0.2) is 16.7 Å². The lowest BCUT2D eigenvalue weighted by atomic mass is 9.76. The van der Waals surface area contributed by atoms with Crippen molar-refractivity contribution in [3.05, 3.63) is 41.7 Å². The molecule has 1 aliphatic carbocycles. The highest BCUT2D eigenvalue weighted by Crippen LogP contribution is 2.41. The third kappa shape index (κ3) is 2.39. The van der Waals surface area contributed by atoms with Crippen LogP contribution in [0.15, 0.2) is 36.2 Å². The number of hydrogen-bond donors (Lipinski definition) is 0. The van der Waals surface area contributed by atoms with E-state index in [0.29, 0.717) is 6.54 Å². The number of imide groups is 1. The standard InChI is InChI=1S/C17H21N2O2/c1-11-7-12(2)15-14(8-11)16(20)19(17(15)21)10-13-5-4-6-18(3)9-13/h4-7,9,12,14-15H,8,10H2,1-3H3/q+1. The fraction of sp³-hybridized carbons (Fsp3) is 0.471. The van der Waals surface area contributed by atoms with Crippen molar-refractivity contribution in [1.82, 2.24) is 4.90 Å². The Balaban J connectivity index is 1.86. The van der Waals surface area contributed by atoms with Crippen molar-refractivity contribution in [2.75, 3.05) is 0 Å². The average molecular weight is 285 g/mol. The molecule has 3 rings (SSSR count). The van der Waals surface area contributed by atoms with Crippen molar-refractivity contribution in [3.63, 3.8) is 0 Å². The Morgan fingerprint density at radius 2 is 2.10 bits per heavy atom. The first-order valence-corrected chi connectivity index (χ1v) is 7.44. The molecule has 1 aromatic heterocycles. The maximum Gasteiger partial charge on any atom is 0.234 e. The number of allylic oxidation sites excluding steroid dienone is 2. The van der Waals surface area contributed by atoms with Crippen LogP contribution in [0.2, 0.25) is 0 Å². The van der Waals surface area contributed by atoms with E-state index in [1.807, 2.05) is 50.0 Å². The van der Waals surface area contributed by atoms with Crippen LogP contribution in [0.5, 0.6) is 0 Å². The van der Waals surface area contributed by atoms with E-state index in [-0.39, 0.29) is 29.6 Å². The normalized spacial score (nSPS) is 28.6. The molecule has 21 heavy (non-hydrogen) atoms. The summed E-state index contributed by atoms with van der Waals surface area (Å²) in [6, 6.07) is 3.89. The Labute approximate surface area is 125 Å². The lowest BCUT2D eigenvalue weighted by Gasteiger charge is -2.25. The van der Waals surface area contributed by atoms with Crippen LogP contribution in [-0.2, 0) is 23.2 Å². The van der Waals surface area contributed by atoms with E-state index in [1.165, 1.54) is 10.5 Å². The van der Waals surface area contributed by atoms with E-state index in [0.717, 1.165) is 12.0 Å². The van der Waals surface area contributed by atoms with Gasteiger partial charge in [-0.2, -0.15) is 0 Å². The average Bonchev–Trinajstić information content (AvgIpc) is 2.64. The lowest BCUT2D eigenvalue weighted by molar-refractivity contribution is -0.672. The van der Waals surface area contributed by atoms with E-state index in [1.54, 1.807) is 0 Å². The monoisotopic (exact) mass is 285 g/mol. The van der Waals surface area contributed by atoms with Crippen LogP contribution in [0.25, 0.3) is 0 Å². The Bertz CT molecular complexity index is 635. The summed E-state index contributed by atoms with van der Waals surface area (Å²) in [5.41, 5.74) is 2.20. The lowest BCUT2D eigenvalue weighted by Crippen LogP contribution is -2.33. The molecule has 2 aliphatic rings. The molecular weight excluding hydrogens is 264 g/mol. The second-order valence-corrected chi connectivity index (χ2v) is 6.35. The van der Waals surface area contributed by atoms with Gasteiger partial charge in [0.05, 0.1) is 18.4 Å². The molecule has 3 unspecified atom stereocenters. The van der Waals surface area contributed by atoms with Gasteiger partial charge in [0, 0.05) is 11.6 Å². The van der Waals surface area contributed by atoms with Crippen molar-refractivity contribution in [3.8, 4) is 0 Å². The number of amides is 2. The van der Waals surface area contributed by atoms with Crippen LogP contribution in [0.3, 0.4) is 0 Å². The smallest absolute Gasteiger partial charge is 0.234 e. The van der Waals surface area contributed by atoms with Crippen LogP contribution < -0.4 is 4.57 Å². The molecule has 4 heteroatoms. The van der Waals surface area contributed by atoms with E-state index in [4.69, 9.17) is 0 Å². The first-order chi connectivity index (χ1) is 9.97. The zero-order valence-corrected chi connectivity index (χ0v) is 12.7. The van der Waals surface area contributed by atoms with Crippen LogP contribution in [0.4, 0.5) is 0 Å². The summed E-state index contributed by atoms with van der Waals surface area (Å²) in [6.45, 7) is 4.47. The molecule has 0 saturated carbocycles. The molecule has 110 valence electrons. The zero-order valence-electron chi connectivity index (χ0n) is 12.7. The third-order valence-corrected chi connectivity index (χ3v) is 4.57. The summed E-state index contributed by atoms with van der Waals surface area (Å²) in [4.78, 5) is 26.7. The van der Waals surface area contributed by atoms with Crippen LogP contribution >= 0.6 is 0 Å². The van der Waals surface area contributed by atoms with Gasteiger partial charge < -0.3 is 0 Å². The summed E-state index contributed by atoms with van der Waals surface area (Å²) >= 11 is 0. The quantitative estimate of drug-likeness (QED) is 0.470. The maximum absolute atomic E-state index is 12.6. The van der Waals surface area contributed by atoms with E-state index < -0.39 is 0 Å². The number of carbonyl (C=O) groups is 2. The van der Waals surface area contributed by atoms with Crippen LogP contribution in [0, 0.1) is 17.8 Å². The molecular formula is C17H21N2O2+. The van der Waals surface area contributed by atoms with Crippen molar-refractivity contribution >= 4 is 11.8 Å². The molecule has 1 aliphatic heterocycles. The van der Waals surface area contributed by atoms with E-state index in [9.17, 15) is 9.59 Å². The Hall–Kier alpha value is -1.97. The van der Waals surface area contributed by atoms with Gasteiger partial charge in [0.15, 0.2) is 12.4 Å². The minimum absolute atomic E-state index is 0.00388. The first kappa shape index (κ1) is 14.0. The third-order valence-electron chi connectivity index (χ3n) is 4.57. The number of aromatic nitrogens is 1. The molecule has 3 atom stereocenters. The Kier molecular flexibility index (Phi) is 3.40. The molecule has 0 spiro atoms. The van der Waals surface area contributed by atoms with Crippen LogP contribution in [0.1, 0.15) is 25.8 Å². The molecule has 2 heterocycles. The predicted molar refractivity (Wildman–Crippen MR) is 77.7 cm³/mol. The van der Waals surface area contributed by atoms with Crippen molar-refractivity contribution in [2.45, 2.75) is 26.8 Å². The van der Waals surface area contributed by atoms with Gasteiger partial charge >= 0.3 is 0 Å². The van der Waals surface area contributed by atoms with Gasteiger partial charge in [-0.15, -0.1) is 0 Å². The summed E-state index contributed by atoms with van der Waals surface area (Å²) in [5, 5.41) is 0. The number of rotatable bonds is 2. The number of aryl methyl sites for hydroxylation is 1. The number of nitrogens with zero attached hydrogens (tertiary/aromatic N) is 2. The number of fused-ring (bicyclic) bond motifs is 1. The van der Waals surface area contributed by atoms with Gasteiger partial charge in [-0.05, 0) is 25.3 Å². The molecule has 4 nitrogen and oxygen atoms in total. The minimum atomic E-state index is -0.168. The second-order valence-electron chi connectivity index (χ2n) is 6.35. The Morgan fingerprint density at radius 1 is 1.33 bits per heavy atom. The fourth-order valence-corrected chi connectivity index (χ4v) is 3.67. The van der Waals surface area contributed by atoms with Gasteiger partial charge in [-0.25, -0.2) is 4.57 Å². The highest BCUT2D eigenvalue weighted by molar-refractivity contribution is 6.05. The molecule has 0 aromatic carbocycles. The van der Waals surface area contributed by atoms with Gasteiger partial charge in [0.1, 0.15) is 7.05 Å². The molecule has 1 fully saturated rings. The fourth-order valence-electron chi connectivity index (χ4n) is 3.67. The second kappa shape index (κ2) is 5.10. The minimum Gasteiger partial charge on any atom is -0.277 e. The molecule has 1 saturated heterocycles. The molecule has 0 N–H and O–H groups in total. The van der Waals surface area contributed by atoms with Gasteiger partial charge in [0.2, 0.25) is 11.8 Å². The summed E-state index contributed by atoms with van der Waals surface area (Å²) in [7, 11) is 1.94. The van der Waals surface area contributed by atoms with Gasteiger partial charge in [-0.3, -0.25) is 14.5 Å². The van der Waals surface area contributed by atoms with Crippen molar-refractivity contribution in [2.24, 2.45) is 24.8 Å². The summed E-state index contributed by atoms with van der Waals surface area (Å²) in [6.07, 6.45) is 6.75. The zero-order chi connectivity index (χ0) is 15.1. The topological polar surface area (TPSA) is 41.3 Å². The van der Waals surface area contributed by atoms with Gasteiger partial charge in [0.25, 0.3) is 0 Å². The highest BCUT2D eigenvalue weighted by Gasteiger charge is 2.50. The number of likely N-dealkylation sites (tertiary alicyclic amines) is 1. The Morgan fingerprint density at radius 3 is 2.81 bits per heavy atom. The summed E-state index contributed by atoms with van der Waals surface area (Å²) < 4.78 is 1.93. The van der Waals surface area contributed by atoms with E-state index in [2.05, 4.69) is 6.08 Å². The predicted octanol–water partition coefficient (Wildman–Crippen LogP) is 1.60. The molecule has 0 bridgehead atoms. The maximum atomic E-state index is 12.6. The SMILES string of the molecule is CC1=CC(C)C2C(=O)N(Cc3ccc[n+](C)c3)C(=O)C2C1. The number of pyridine rings is 1. The molecule has 2 amide bonds. The number of carbonyl (C=O) groups excluding carboxylic acids is 2. The first-order valence-electron chi connectivity index (χ1n) is 7.44. The highest BCUT2D eigenvalue weighted by atomic mass is 16.2. The molecule has 1 aromatic rings. The van der Waals surface area contributed by atoms with Gasteiger partial charge in [-0.1, -0.05) is 18.6 Å². The van der Waals surface area contributed by atoms with Crippen molar-refractivity contribution < 1.29 is 14.2 Å². The largest absolute Gasteiger partial charge is 0.277 e. The number of hydrogen-bond acceptors (Lipinski definition) is 2. The molecule has 0 radical (unpaired) electrons. The summed E-state index contributed by atoms with van der Waals surface area (Å²) in [5.74, 6) is -0.186. The van der Waals surface area contributed by atoms with Crippen molar-refractivity contribution in [1.29, 1.82) is 0 Å². The van der Waals surface area contributed by atoms with E-state index >= 15 is 0 Å².